The predicted molar refractivity (Wildman–Crippen MR) is 61.9 cm³/mol. The fourth-order valence-corrected chi connectivity index (χ4v) is 1.45. The second kappa shape index (κ2) is 7.22. The molecule has 5 nitrogen and oxygen atoms in total. The Morgan fingerprint density at radius 3 is 2.31 bits per heavy atom. The number of carbonyl (C=O) groups is 2. The highest BCUT2D eigenvalue weighted by Gasteiger charge is 2.20. The van der Waals surface area contributed by atoms with Gasteiger partial charge in [0.05, 0.1) is 6.04 Å². The molecule has 1 unspecified atom stereocenters. The van der Waals surface area contributed by atoms with Crippen LogP contribution in [-0.4, -0.2) is 41.0 Å². The number of aliphatic carboxylic acids is 1. The fourth-order valence-electron chi connectivity index (χ4n) is 1.45. The van der Waals surface area contributed by atoms with Crippen molar-refractivity contribution in [2.45, 2.75) is 39.7 Å². The van der Waals surface area contributed by atoms with Crippen molar-refractivity contribution in [1.29, 1.82) is 0 Å². The molecule has 0 rings (SSSR count). The zero-order valence-electron chi connectivity index (χ0n) is 10.3. The van der Waals surface area contributed by atoms with E-state index in [1.54, 1.807) is 4.90 Å². The normalized spacial score (nSPS) is 12.6. The third-order valence-corrected chi connectivity index (χ3v) is 2.27. The van der Waals surface area contributed by atoms with Crippen LogP contribution < -0.4 is 5.73 Å². The van der Waals surface area contributed by atoms with Gasteiger partial charge in [0.25, 0.3) is 0 Å². The van der Waals surface area contributed by atoms with Gasteiger partial charge in [-0.25, -0.2) is 0 Å². The van der Waals surface area contributed by atoms with Crippen molar-refractivity contribution in [3.63, 3.8) is 0 Å². The van der Waals surface area contributed by atoms with Gasteiger partial charge in [0.1, 0.15) is 0 Å². The Bertz CT molecular complexity index is 241. The van der Waals surface area contributed by atoms with Gasteiger partial charge >= 0.3 is 5.97 Å². The molecular formula is C11H22N2O3. The highest BCUT2D eigenvalue weighted by molar-refractivity contribution is 5.82. The largest absolute Gasteiger partial charge is 0.481 e. The second-order valence-electron chi connectivity index (χ2n) is 4.31. The first kappa shape index (κ1) is 14.9. The Kier molecular flexibility index (Phi) is 6.72. The number of carbonyl (C=O) groups excluding carboxylic acids is 1. The lowest BCUT2D eigenvalue weighted by atomic mass is 10.1. The van der Waals surface area contributed by atoms with E-state index in [1.165, 1.54) is 0 Å². The van der Waals surface area contributed by atoms with E-state index in [9.17, 15) is 9.59 Å². The lowest BCUT2D eigenvalue weighted by Gasteiger charge is -2.25. The summed E-state index contributed by atoms with van der Waals surface area (Å²) < 4.78 is 0. The van der Waals surface area contributed by atoms with E-state index in [2.05, 4.69) is 0 Å². The molecule has 1 amide bonds. The maximum absolute atomic E-state index is 11.8. The van der Waals surface area contributed by atoms with Crippen LogP contribution in [0.1, 0.15) is 33.6 Å². The Labute approximate surface area is 96.6 Å². The number of nitrogens with two attached hydrogens (primary N) is 1. The number of hydrogen-bond donors (Lipinski definition) is 2. The van der Waals surface area contributed by atoms with Crippen molar-refractivity contribution >= 4 is 11.9 Å². The first-order chi connectivity index (χ1) is 7.38. The van der Waals surface area contributed by atoms with Gasteiger partial charge in [-0.05, 0) is 19.3 Å². The molecule has 0 bridgehead atoms. The van der Waals surface area contributed by atoms with Crippen molar-refractivity contribution in [1.82, 2.24) is 4.90 Å². The highest BCUT2D eigenvalue weighted by Crippen LogP contribution is 2.04. The standard InChI is InChI=1S/C11H22N2O3/c1-4-13(7-8(2)3)11(16)9(12)5-6-10(14)15/h8-9H,4-7,12H2,1-3H3,(H,14,15). The monoisotopic (exact) mass is 230 g/mol. The summed E-state index contributed by atoms with van der Waals surface area (Å²) in [7, 11) is 0. The molecule has 0 heterocycles. The fraction of sp³-hybridized carbons (Fsp3) is 0.818. The van der Waals surface area contributed by atoms with Gasteiger partial charge in [0.2, 0.25) is 5.91 Å². The molecule has 0 spiro atoms. The Hall–Kier alpha value is -1.10. The number of hydrogen-bond acceptors (Lipinski definition) is 3. The van der Waals surface area contributed by atoms with Crippen molar-refractivity contribution in [3.8, 4) is 0 Å². The van der Waals surface area contributed by atoms with Gasteiger partial charge in [0, 0.05) is 19.5 Å². The zero-order valence-corrected chi connectivity index (χ0v) is 10.3. The van der Waals surface area contributed by atoms with Gasteiger partial charge in [-0.15, -0.1) is 0 Å². The molecule has 5 heteroatoms. The molecule has 1 atom stereocenters. The molecule has 0 aliphatic rings. The Morgan fingerprint density at radius 1 is 1.38 bits per heavy atom. The van der Waals surface area contributed by atoms with Crippen LogP contribution in [0.5, 0.6) is 0 Å². The van der Waals surface area contributed by atoms with Gasteiger partial charge in [0.15, 0.2) is 0 Å². The lowest BCUT2D eigenvalue weighted by Crippen LogP contribution is -2.45. The van der Waals surface area contributed by atoms with Crippen molar-refractivity contribution < 1.29 is 14.7 Å². The summed E-state index contributed by atoms with van der Waals surface area (Å²) >= 11 is 0. The Morgan fingerprint density at radius 2 is 1.94 bits per heavy atom. The smallest absolute Gasteiger partial charge is 0.303 e. The topological polar surface area (TPSA) is 83.6 Å². The molecule has 0 saturated carbocycles. The van der Waals surface area contributed by atoms with E-state index in [1.807, 2.05) is 20.8 Å². The average Bonchev–Trinajstić information content (AvgIpc) is 2.21. The summed E-state index contributed by atoms with van der Waals surface area (Å²) in [6.45, 7) is 7.22. The minimum Gasteiger partial charge on any atom is -0.481 e. The minimum atomic E-state index is -0.921. The quantitative estimate of drug-likeness (QED) is 0.673. The molecule has 0 radical (unpaired) electrons. The zero-order chi connectivity index (χ0) is 12.7. The van der Waals surface area contributed by atoms with Gasteiger partial charge in [-0.2, -0.15) is 0 Å². The minimum absolute atomic E-state index is 0.0634. The molecule has 0 aromatic heterocycles. The molecule has 0 fully saturated rings. The first-order valence-electron chi connectivity index (χ1n) is 5.64. The summed E-state index contributed by atoms with van der Waals surface area (Å²) in [6.07, 6.45) is 0.134. The van der Waals surface area contributed by atoms with Gasteiger partial charge in [-0.1, -0.05) is 13.8 Å². The van der Waals surface area contributed by atoms with Crippen molar-refractivity contribution in [3.05, 3.63) is 0 Å². The first-order valence-corrected chi connectivity index (χ1v) is 5.64. The van der Waals surface area contributed by atoms with Crippen molar-refractivity contribution in [2.24, 2.45) is 11.7 Å². The van der Waals surface area contributed by atoms with E-state index in [0.717, 1.165) is 0 Å². The van der Waals surface area contributed by atoms with Crippen LogP contribution in [0.2, 0.25) is 0 Å². The van der Waals surface area contributed by atoms with E-state index < -0.39 is 12.0 Å². The number of likely N-dealkylation sites (N-methyl/N-ethyl adjacent to an activating group) is 1. The molecule has 0 aliphatic carbocycles. The van der Waals surface area contributed by atoms with Gasteiger partial charge < -0.3 is 15.7 Å². The molecular weight excluding hydrogens is 208 g/mol. The molecule has 0 aromatic rings. The average molecular weight is 230 g/mol. The van der Waals surface area contributed by atoms with E-state index in [-0.39, 0.29) is 18.7 Å². The summed E-state index contributed by atoms with van der Waals surface area (Å²) in [6, 6.07) is -0.699. The molecule has 0 aliphatic heterocycles. The predicted octanol–water partition coefficient (Wildman–Crippen LogP) is 0.683. The van der Waals surface area contributed by atoms with Crippen LogP contribution in [-0.2, 0) is 9.59 Å². The molecule has 94 valence electrons. The number of nitrogens with zero attached hydrogens (tertiary/aromatic N) is 1. The molecule has 0 aromatic carbocycles. The number of amides is 1. The third-order valence-electron chi connectivity index (χ3n) is 2.27. The van der Waals surface area contributed by atoms with E-state index in [4.69, 9.17) is 10.8 Å². The summed E-state index contributed by atoms with van der Waals surface area (Å²) in [5.74, 6) is -0.691. The maximum Gasteiger partial charge on any atom is 0.303 e. The third kappa shape index (κ3) is 5.70. The van der Waals surface area contributed by atoms with Crippen LogP contribution in [0.4, 0.5) is 0 Å². The second-order valence-corrected chi connectivity index (χ2v) is 4.31. The summed E-state index contributed by atoms with van der Waals surface area (Å²) in [5, 5.41) is 8.50. The Balaban J connectivity index is 4.21. The lowest BCUT2D eigenvalue weighted by molar-refractivity contribution is -0.137. The molecule has 3 N–H and O–H groups in total. The van der Waals surface area contributed by atoms with Crippen molar-refractivity contribution in [2.75, 3.05) is 13.1 Å². The molecule has 16 heavy (non-hydrogen) atoms. The van der Waals surface area contributed by atoms with E-state index in [0.29, 0.717) is 19.0 Å². The summed E-state index contributed by atoms with van der Waals surface area (Å²) in [4.78, 5) is 23.9. The number of rotatable bonds is 7. The van der Waals surface area contributed by atoms with E-state index >= 15 is 0 Å². The van der Waals surface area contributed by atoms with Crippen LogP contribution in [0.25, 0.3) is 0 Å². The SMILES string of the molecule is CCN(CC(C)C)C(=O)C(N)CCC(=O)O. The van der Waals surface area contributed by atoms with Crippen LogP contribution in [0.3, 0.4) is 0 Å². The number of carboxylic acid groups (broad SMARTS) is 1. The highest BCUT2D eigenvalue weighted by atomic mass is 16.4. The van der Waals surface area contributed by atoms with Crippen LogP contribution >= 0.6 is 0 Å². The number of carboxylic acids is 1. The van der Waals surface area contributed by atoms with Crippen LogP contribution in [0, 0.1) is 5.92 Å². The molecule has 0 saturated heterocycles. The maximum atomic E-state index is 11.8. The summed E-state index contributed by atoms with van der Waals surface area (Å²) in [5.41, 5.74) is 5.66. The van der Waals surface area contributed by atoms with Gasteiger partial charge in [-0.3, -0.25) is 9.59 Å². The van der Waals surface area contributed by atoms with Crippen LogP contribution in [0.15, 0.2) is 0 Å².